The summed E-state index contributed by atoms with van der Waals surface area (Å²) in [6.07, 6.45) is 0.160. The van der Waals surface area contributed by atoms with Crippen molar-refractivity contribution in [2.75, 3.05) is 5.32 Å². The molecule has 1 aromatic heterocycles. The molecule has 1 aromatic carbocycles. The number of nitrogens with one attached hydrogen (secondary N) is 1. The SMILES string of the molecule is O=C1CC(Nc2ccccc2)=Nc2nnnn21. The van der Waals surface area contributed by atoms with Gasteiger partial charge in [-0.1, -0.05) is 23.3 Å². The summed E-state index contributed by atoms with van der Waals surface area (Å²) in [5.41, 5.74) is 0.875. The maximum absolute atomic E-state index is 11.6. The van der Waals surface area contributed by atoms with E-state index in [4.69, 9.17) is 0 Å². The van der Waals surface area contributed by atoms with E-state index in [0.29, 0.717) is 5.84 Å². The smallest absolute Gasteiger partial charge is 0.278 e. The lowest BCUT2D eigenvalue weighted by atomic mass is 10.3. The Balaban J connectivity index is 1.89. The molecule has 0 atom stereocenters. The maximum atomic E-state index is 11.6. The highest BCUT2D eigenvalue weighted by molar-refractivity contribution is 6.10. The lowest BCUT2D eigenvalue weighted by molar-refractivity contribution is 0.0904. The average molecular weight is 228 g/mol. The molecule has 2 heterocycles. The first-order valence-electron chi connectivity index (χ1n) is 5.04. The highest BCUT2D eigenvalue weighted by Gasteiger charge is 2.21. The second kappa shape index (κ2) is 3.78. The van der Waals surface area contributed by atoms with Gasteiger partial charge in [-0.05, 0) is 22.6 Å². The molecule has 7 heteroatoms. The normalized spacial score (nSPS) is 14.1. The summed E-state index contributed by atoms with van der Waals surface area (Å²) in [4.78, 5) is 15.8. The molecule has 3 rings (SSSR count). The van der Waals surface area contributed by atoms with Gasteiger partial charge in [0, 0.05) is 5.69 Å². The number of carbonyl (C=O) groups excluding carboxylic acids is 1. The first kappa shape index (κ1) is 9.64. The molecule has 0 saturated heterocycles. The fourth-order valence-electron chi connectivity index (χ4n) is 1.55. The second-order valence-corrected chi connectivity index (χ2v) is 3.51. The predicted molar refractivity (Wildman–Crippen MR) is 60.2 cm³/mol. The van der Waals surface area contributed by atoms with Gasteiger partial charge < -0.3 is 5.32 Å². The number of anilines is 1. The first-order valence-corrected chi connectivity index (χ1v) is 5.04. The molecule has 17 heavy (non-hydrogen) atoms. The Bertz CT molecular complexity index is 588. The number of carbonyl (C=O) groups is 1. The molecule has 1 aliphatic rings. The minimum atomic E-state index is -0.196. The molecule has 7 nitrogen and oxygen atoms in total. The highest BCUT2D eigenvalue weighted by atomic mass is 16.2. The van der Waals surface area contributed by atoms with Crippen LogP contribution in [-0.2, 0) is 0 Å². The molecule has 84 valence electrons. The Morgan fingerprint density at radius 3 is 2.88 bits per heavy atom. The lowest BCUT2D eigenvalue weighted by Gasteiger charge is -2.12. The molecule has 0 fully saturated rings. The van der Waals surface area contributed by atoms with Crippen LogP contribution in [0.25, 0.3) is 0 Å². The minimum absolute atomic E-state index is 0.160. The van der Waals surface area contributed by atoms with E-state index in [1.54, 1.807) is 0 Å². The number of amidine groups is 1. The summed E-state index contributed by atoms with van der Waals surface area (Å²) < 4.78 is 1.09. The second-order valence-electron chi connectivity index (χ2n) is 3.51. The van der Waals surface area contributed by atoms with Gasteiger partial charge in [0.15, 0.2) is 0 Å². The zero-order chi connectivity index (χ0) is 11.7. The molecule has 1 aliphatic heterocycles. The van der Waals surface area contributed by atoms with Crippen LogP contribution in [0.5, 0.6) is 0 Å². The van der Waals surface area contributed by atoms with E-state index in [1.807, 2.05) is 30.3 Å². The van der Waals surface area contributed by atoms with Crippen LogP contribution in [0.15, 0.2) is 35.3 Å². The van der Waals surface area contributed by atoms with E-state index >= 15 is 0 Å². The van der Waals surface area contributed by atoms with Crippen molar-refractivity contribution in [3.63, 3.8) is 0 Å². The Hall–Kier alpha value is -2.57. The van der Waals surface area contributed by atoms with Gasteiger partial charge in [-0.15, -0.1) is 4.68 Å². The Morgan fingerprint density at radius 2 is 2.06 bits per heavy atom. The van der Waals surface area contributed by atoms with Crippen molar-refractivity contribution in [2.24, 2.45) is 4.99 Å². The van der Waals surface area contributed by atoms with Crippen molar-refractivity contribution in [1.82, 2.24) is 20.2 Å². The Morgan fingerprint density at radius 1 is 1.24 bits per heavy atom. The number of tetrazole rings is 1. The molecule has 0 saturated carbocycles. The van der Waals surface area contributed by atoms with Crippen LogP contribution in [0.2, 0.25) is 0 Å². The predicted octanol–water partition coefficient (Wildman–Crippen LogP) is 0.859. The van der Waals surface area contributed by atoms with E-state index in [9.17, 15) is 4.79 Å². The maximum Gasteiger partial charge on any atom is 0.278 e. The molecule has 0 aliphatic carbocycles. The number of aromatic nitrogens is 4. The number of benzene rings is 1. The van der Waals surface area contributed by atoms with E-state index < -0.39 is 0 Å². The quantitative estimate of drug-likeness (QED) is 0.731. The van der Waals surface area contributed by atoms with Gasteiger partial charge in [0.2, 0.25) is 0 Å². The van der Waals surface area contributed by atoms with Crippen molar-refractivity contribution >= 4 is 23.4 Å². The Labute approximate surface area is 96.2 Å². The zero-order valence-electron chi connectivity index (χ0n) is 8.74. The van der Waals surface area contributed by atoms with Gasteiger partial charge in [-0.2, -0.15) is 4.99 Å². The highest BCUT2D eigenvalue weighted by Crippen LogP contribution is 2.15. The topological polar surface area (TPSA) is 85.1 Å². The van der Waals surface area contributed by atoms with E-state index in [0.717, 1.165) is 10.4 Å². The van der Waals surface area contributed by atoms with E-state index in [2.05, 4.69) is 25.8 Å². The first-order chi connectivity index (χ1) is 8.33. The number of hydrogen-bond acceptors (Lipinski definition) is 6. The van der Waals surface area contributed by atoms with Crippen molar-refractivity contribution < 1.29 is 4.79 Å². The minimum Gasteiger partial charge on any atom is -0.343 e. The molecule has 0 bridgehead atoms. The number of para-hydroxylation sites is 1. The van der Waals surface area contributed by atoms with Crippen LogP contribution < -0.4 is 5.32 Å². The third kappa shape index (κ3) is 1.78. The average Bonchev–Trinajstić information content (AvgIpc) is 2.79. The third-order valence-corrected chi connectivity index (χ3v) is 2.31. The number of hydrogen-bond donors (Lipinski definition) is 1. The third-order valence-electron chi connectivity index (χ3n) is 2.31. The van der Waals surface area contributed by atoms with Crippen LogP contribution in [0.1, 0.15) is 11.2 Å². The number of fused-ring (bicyclic) bond motifs is 1. The Kier molecular flexibility index (Phi) is 2.14. The molecule has 0 unspecified atom stereocenters. The monoisotopic (exact) mass is 228 g/mol. The van der Waals surface area contributed by atoms with Crippen LogP contribution in [0.3, 0.4) is 0 Å². The summed E-state index contributed by atoms with van der Waals surface area (Å²) in [5, 5.41) is 13.7. The summed E-state index contributed by atoms with van der Waals surface area (Å²) in [6.45, 7) is 0. The number of rotatable bonds is 1. The molecule has 0 radical (unpaired) electrons. The molecule has 0 amide bonds. The summed E-state index contributed by atoms with van der Waals surface area (Å²) in [7, 11) is 0. The van der Waals surface area contributed by atoms with E-state index in [-0.39, 0.29) is 18.3 Å². The number of nitrogens with zero attached hydrogens (tertiary/aromatic N) is 5. The summed E-state index contributed by atoms with van der Waals surface area (Å²) in [6, 6.07) is 9.50. The molecule has 0 spiro atoms. The van der Waals surface area contributed by atoms with Crippen LogP contribution in [0, 0.1) is 0 Å². The van der Waals surface area contributed by atoms with Crippen molar-refractivity contribution in [3.05, 3.63) is 30.3 Å². The fraction of sp³-hybridized carbons (Fsp3) is 0.100. The van der Waals surface area contributed by atoms with E-state index in [1.165, 1.54) is 0 Å². The summed E-state index contributed by atoms with van der Waals surface area (Å²) in [5.74, 6) is 0.557. The van der Waals surface area contributed by atoms with Gasteiger partial charge in [0.25, 0.3) is 11.9 Å². The largest absolute Gasteiger partial charge is 0.343 e. The molecular weight excluding hydrogens is 220 g/mol. The molecule has 1 N–H and O–H groups in total. The van der Waals surface area contributed by atoms with Gasteiger partial charge in [0.05, 0.1) is 6.42 Å². The molecule has 2 aromatic rings. The van der Waals surface area contributed by atoms with Crippen molar-refractivity contribution in [2.45, 2.75) is 6.42 Å². The van der Waals surface area contributed by atoms with Crippen molar-refractivity contribution in [1.29, 1.82) is 0 Å². The van der Waals surface area contributed by atoms with Gasteiger partial charge in [0.1, 0.15) is 5.84 Å². The molecular formula is C10H8N6O. The fourth-order valence-corrected chi connectivity index (χ4v) is 1.55. The van der Waals surface area contributed by atoms with Gasteiger partial charge >= 0.3 is 0 Å². The number of aliphatic imine (C=N–C) groups is 1. The standard InChI is InChI=1S/C10H8N6O/c17-9-6-8(11-7-4-2-1-3-5-7)12-10-13-14-15-16(9)10/h1-5H,6H2,(H,11,12,13,15). The summed E-state index contributed by atoms with van der Waals surface area (Å²) >= 11 is 0. The van der Waals surface area contributed by atoms with Crippen LogP contribution >= 0.6 is 0 Å². The lowest BCUT2D eigenvalue weighted by Crippen LogP contribution is -2.25. The van der Waals surface area contributed by atoms with Crippen LogP contribution in [-0.4, -0.2) is 32.0 Å². The zero-order valence-corrected chi connectivity index (χ0v) is 8.74. The van der Waals surface area contributed by atoms with Crippen LogP contribution in [0.4, 0.5) is 11.6 Å². The van der Waals surface area contributed by atoms with Gasteiger partial charge in [-0.3, -0.25) is 4.79 Å². The van der Waals surface area contributed by atoms with Crippen molar-refractivity contribution in [3.8, 4) is 0 Å². The van der Waals surface area contributed by atoms with Gasteiger partial charge in [-0.25, -0.2) is 0 Å².